The molecule has 0 amide bonds. The Morgan fingerprint density at radius 1 is 1.00 bits per heavy atom. The quantitative estimate of drug-likeness (QED) is 0.536. The van der Waals surface area contributed by atoms with Gasteiger partial charge in [-0.05, 0) is 35.4 Å². The predicted octanol–water partition coefficient (Wildman–Crippen LogP) is 4.92. The molecule has 0 atom stereocenters. The molecular formula is C20H15NO. The van der Waals surface area contributed by atoms with Crippen LogP contribution in [-0.2, 0) is 0 Å². The maximum atomic E-state index is 10.2. The molecule has 0 aliphatic rings. The van der Waals surface area contributed by atoms with Crippen LogP contribution in [0, 0.1) is 18.3 Å². The zero-order valence-electron chi connectivity index (χ0n) is 12.2. The smallest absolute Gasteiger partial charge is 0.123 e. The number of allylic oxidation sites excluding steroid dienone is 1. The van der Waals surface area contributed by atoms with Crippen LogP contribution in [0.25, 0.3) is 22.4 Å². The largest absolute Gasteiger partial charge is 0.507 e. The van der Waals surface area contributed by atoms with Gasteiger partial charge in [-0.1, -0.05) is 60.2 Å². The monoisotopic (exact) mass is 285 g/mol. The SMILES string of the molecule is Cc1ccc(/C(C#N)=C/c2c(O)ccc3ccccc23)cc1. The highest BCUT2D eigenvalue weighted by Gasteiger charge is 2.07. The van der Waals surface area contributed by atoms with Crippen LogP contribution in [0.3, 0.4) is 0 Å². The van der Waals surface area contributed by atoms with Gasteiger partial charge in [0.15, 0.2) is 0 Å². The molecule has 0 fully saturated rings. The number of hydrogen-bond donors (Lipinski definition) is 1. The molecule has 0 bridgehead atoms. The van der Waals surface area contributed by atoms with Crippen molar-refractivity contribution in [3.05, 3.63) is 77.4 Å². The fraction of sp³-hybridized carbons (Fsp3) is 0.0500. The van der Waals surface area contributed by atoms with E-state index in [4.69, 9.17) is 0 Å². The summed E-state index contributed by atoms with van der Waals surface area (Å²) in [4.78, 5) is 0. The van der Waals surface area contributed by atoms with Crippen LogP contribution in [0.5, 0.6) is 5.75 Å². The van der Waals surface area contributed by atoms with E-state index in [0.29, 0.717) is 11.1 Å². The van der Waals surface area contributed by atoms with E-state index in [0.717, 1.165) is 21.9 Å². The third kappa shape index (κ3) is 2.57. The number of hydrogen-bond acceptors (Lipinski definition) is 2. The van der Waals surface area contributed by atoms with Crippen molar-refractivity contribution in [2.45, 2.75) is 6.92 Å². The summed E-state index contributed by atoms with van der Waals surface area (Å²) in [6.45, 7) is 2.01. The maximum absolute atomic E-state index is 10.2. The van der Waals surface area contributed by atoms with Crippen LogP contribution in [0.1, 0.15) is 16.7 Å². The Hall–Kier alpha value is -3.05. The first-order valence-corrected chi connectivity index (χ1v) is 7.08. The molecule has 0 radical (unpaired) electrons. The van der Waals surface area contributed by atoms with E-state index < -0.39 is 0 Å². The van der Waals surface area contributed by atoms with Gasteiger partial charge in [-0.3, -0.25) is 0 Å². The van der Waals surface area contributed by atoms with Crippen LogP contribution in [-0.4, -0.2) is 5.11 Å². The molecule has 3 rings (SSSR count). The lowest BCUT2D eigenvalue weighted by molar-refractivity contribution is 0.475. The summed E-state index contributed by atoms with van der Waals surface area (Å²) in [5.74, 6) is 0.179. The standard InChI is InChI=1S/C20H15NO/c1-14-6-8-15(9-7-14)17(13-21)12-19-18-5-3-2-4-16(18)10-11-20(19)22/h2-12,22H,1H3/b17-12+. The van der Waals surface area contributed by atoms with Crippen LogP contribution in [0.15, 0.2) is 60.7 Å². The van der Waals surface area contributed by atoms with Gasteiger partial charge in [0.1, 0.15) is 5.75 Å². The Balaban J connectivity index is 2.20. The molecule has 3 aromatic carbocycles. The third-order valence-corrected chi connectivity index (χ3v) is 3.72. The second-order valence-electron chi connectivity index (χ2n) is 5.26. The number of benzene rings is 3. The average Bonchev–Trinajstić information content (AvgIpc) is 2.55. The van der Waals surface area contributed by atoms with Crippen molar-refractivity contribution in [3.8, 4) is 11.8 Å². The highest BCUT2D eigenvalue weighted by Crippen LogP contribution is 2.31. The molecule has 1 N–H and O–H groups in total. The van der Waals surface area contributed by atoms with Gasteiger partial charge in [-0.25, -0.2) is 0 Å². The van der Waals surface area contributed by atoms with Gasteiger partial charge in [-0.15, -0.1) is 0 Å². The highest BCUT2D eigenvalue weighted by molar-refractivity contribution is 6.00. The van der Waals surface area contributed by atoms with Crippen molar-refractivity contribution >= 4 is 22.4 Å². The summed E-state index contributed by atoms with van der Waals surface area (Å²) in [6.07, 6.45) is 1.75. The zero-order valence-corrected chi connectivity index (χ0v) is 12.2. The third-order valence-electron chi connectivity index (χ3n) is 3.72. The first kappa shape index (κ1) is 13.9. The highest BCUT2D eigenvalue weighted by atomic mass is 16.3. The van der Waals surface area contributed by atoms with Crippen molar-refractivity contribution in [3.63, 3.8) is 0 Å². The molecule has 106 valence electrons. The normalized spacial score (nSPS) is 11.4. The van der Waals surface area contributed by atoms with Crippen molar-refractivity contribution in [2.75, 3.05) is 0 Å². The van der Waals surface area contributed by atoms with Crippen LogP contribution >= 0.6 is 0 Å². The summed E-state index contributed by atoms with van der Waals surface area (Å²) in [7, 11) is 0. The van der Waals surface area contributed by atoms with Crippen LogP contribution in [0.4, 0.5) is 0 Å². The number of aryl methyl sites for hydroxylation is 1. The van der Waals surface area contributed by atoms with E-state index in [1.165, 1.54) is 0 Å². The summed E-state index contributed by atoms with van der Waals surface area (Å²) in [5.41, 5.74) is 3.20. The number of nitriles is 1. The van der Waals surface area contributed by atoms with Gasteiger partial charge in [0, 0.05) is 5.56 Å². The Bertz CT molecular complexity index is 899. The van der Waals surface area contributed by atoms with E-state index in [1.807, 2.05) is 61.5 Å². The summed E-state index contributed by atoms with van der Waals surface area (Å²) < 4.78 is 0. The van der Waals surface area contributed by atoms with Gasteiger partial charge >= 0.3 is 0 Å². The number of phenolic OH excluding ortho intramolecular Hbond substituents is 1. The Morgan fingerprint density at radius 2 is 1.73 bits per heavy atom. The molecule has 0 saturated heterocycles. The van der Waals surface area contributed by atoms with Crippen molar-refractivity contribution in [2.24, 2.45) is 0 Å². The molecule has 0 spiro atoms. The van der Waals surface area contributed by atoms with E-state index in [9.17, 15) is 10.4 Å². The van der Waals surface area contributed by atoms with Gasteiger partial charge in [-0.2, -0.15) is 5.26 Å². The second kappa shape index (κ2) is 5.75. The van der Waals surface area contributed by atoms with Gasteiger partial charge < -0.3 is 5.11 Å². The fourth-order valence-electron chi connectivity index (χ4n) is 2.49. The van der Waals surface area contributed by atoms with Gasteiger partial charge in [0.05, 0.1) is 11.6 Å². The lowest BCUT2D eigenvalue weighted by Crippen LogP contribution is -1.85. The lowest BCUT2D eigenvalue weighted by atomic mass is 9.98. The second-order valence-corrected chi connectivity index (χ2v) is 5.26. The number of rotatable bonds is 2. The Labute approximate surface area is 129 Å². The molecule has 3 aromatic rings. The molecule has 0 heterocycles. The van der Waals surface area contributed by atoms with Crippen molar-refractivity contribution in [1.82, 2.24) is 0 Å². The van der Waals surface area contributed by atoms with Crippen molar-refractivity contribution < 1.29 is 5.11 Å². The number of aromatic hydroxyl groups is 1. The van der Waals surface area contributed by atoms with Crippen LogP contribution < -0.4 is 0 Å². The van der Waals surface area contributed by atoms with E-state index >= 15 is 0 Å². The lowest BCUT2D eigenvalue weighted by Gasteiger charge is -2.07. The van der Waals surface area contributed by atoms with Crippen LogP contribution in [0.2, 0.25) is 0 Å². The summed E-state index contributed by atoms with van der Waals surface area (Å²) >= 11 is 0. The summed E-state index contributed by atoms with van der Waals surface area (Å²) in [5, 5.41) is 21.6. The molecule has 22 heavy (non-hydrogen) atoms. The molecule has 0 aliphatic heterocycles. The molecule has 0 aromatic heterocycles. The zero-order chi connectivity index (χ0) is 15.5. The van der Waals surface area contributed by atoms with Gasteiger partial charge in [0.25, 0.3) is 0 Å². The molecular weight excluding hydrogens is 270 g/mol. The molecule has 0 aliphatic carbocycles. The molecule has 2 heteroatoms. The fourth-order valence-corrected chi connectivity index (χ4v) is 2.49. The predicted molar refractivity (Wildman–Crippen MR) is 90.3 cm³/mol. The Morgan fingerprint density at radius 3 is 2.45 bits per heavy atom. The van der Waals surface area contributed by atoms with Crippen molar-refractivity contribution in [1.29, 1.82) is 5.26 Å². The molecule has 2 nitrogen and oxygen atoms in total. The minimum Gasteiger partial charge on any atom is -0.507 e. The Kier molecular flexibility index (Phi) is 3.64. The number of fused-ring (bicyclic) bond motifs is 1. The summed E-state index contributed by atoms with van der Waals surface area (Å²) in [6, 6.07) is 21.4. The minimum atomic E-state index is 0.179. The molecule has 0 unspecified atom stereocenters. The van der Waals surface area contributed by atoms with E-state index in [-0.39, 0.29) is 5.75 Å². The number of nitrogens with zero attached hydrogens (tertiary/aromatic N) is 1. The van der Waals surface area contributed by atoms with E-state index in [1.54, 1.807) is 12.1 Å². The minimum absolute atomic E-state index is 0.179. The first-order chi connectivity index (χ1) is 10.7. The maximum Gasteiger partial charge on any atom is 0.123 e. The van der Waals surface area contributed by atoms with E-state index in [2.05, 4.69) is 6.07 Å². The topological polar surface area (TPSA) is 44.0 Å². The number of phenols is 1. The van der Waals surface area contributed by atoms with Gasteiger partial charge in [0.2, 0.25) is 0 Å². The molecule has 0 saturated carbocycles. The average molecular weight is 285 g/mol. The first-order valence-electron chi connectivity index (χ1n) is 7.08.